The molecule has 0 unspecified atom stereocenters. The van der Waals surface area contributed by atoms with Crippen LogP contribution in [0.5, 0.6) is 0 Å². The molecule has 0 saturated carbocycles. The number of aliphatic hydroxyl groups excluding tert-OH is 1. The highest BCUT2D eigenvalue weighted by atomic mass is 16.5. The van der Waals surface area contributed by atoms with Gasteiger partial charge < -0.3 is 20.1 Å². The Balaban J connectivity index is 1.63. The molecule has 6 nitrogen and oxygen atoms in total. The minimum Gasteiger partial charge on any atom is -0.451 e. The smallest absolute Gasteiger partial charge is 0.355 e. The molecule has 3 aromatic rings. The van der Waals surface area contributed by atoms with E-state index in [0.717, 1.165) is 11.1 Å². The van der Waals surface area contributed by atoms with Gasteiger partial charge in [0.2, 0.25) is 0 Å². The molecule has 0 fully saturated rings. The minimum absolute atomic E-state index is 0.251. The third kappa shape index (κ3) is 4.96. The fourth-order valence-corrected chi connectivity index (χ4v) is 3.60. The highest BCUT2D eigenvalue weighted by Crippen LogP contribution is 2.25. The number of carbonyl (C=O) groups excluding carboxylic acids is 2. The van der Waals surface area contributed by atoms with Crippen LogP contribution in [0.2, 0.25) is 0 Å². The first-order chi connectivity index (χ1) is 14.4. The van der Waals surface area contributed by atoms with Gasteiger partial charge >= 0.3 is 5.97 Å². The third-order valence-electron chi connectivity index (χ3n) is 4.98. The largest absolute Gasteiger partial charge is 0.451 e. The lowest BCUT2D eigenvalue weighted by Gasteiger charge is -2.11. The molecule has 1 amide bonds. The first-order valence-electron chi connectivity index (χ1n) is 9.82. The zero-order chi connectivity index (χ0) is 21.7. The van der Waals surface area contributed by atoms with Gasteiger partial charge in [0.1, 0.15) is 5.69 Å². The number of aliphatic hydroxyl groups is 1. The summed E-state index contributed by atoms with van der Waals surface area (Å²) in [4.78, 5) is 27.7. The van der Waals surface area contributed by atoms with E-state index in [4.69, 9.17) is 4.74 Å². The molecule has 156 valence electrons. The van der Waals surface area contributed by atoms with E-state index in [1.807, 2.05) is 54.6 Å². The predicted octanol–water partition coefficient (Wildman–Crippen LogP) is 4.07. The molecular weight excluding hydrogens is 380 g/mol. The second-order valence-corrected chi connectivity index (χ2v) is 7.28. The summed E-state index contributed by atoms with van der Waals surface area (Å²) in [6.45, 7) is 4.75. The number of hydrogen-bond acceptors (Lipinski definition) is 4. The van der Waals surface area contributed by atoms with E-state index >= 15 is 0 Å². The van der Waals surface area contributed by atoms with E-state index in [9.17, 15) is 14.7 Å². The van der Waals surface area contributed by atoms with E-state index in [-0.39, 0.29) is 5.69 Å². The molecule has 0 aliphatic carbocycles. The zero-order valence-electron chi connectivity index (χ0n) is 17.4. The van der Waals surface area contributed by atoms with Crippen LogP contribution in [0.25, 0.3) is 0 Å². The Labute approximate surface area is 175 Å². The van der Waals surface area contributed by atoms with Crippen LogP contribution >= 0.6 is 0 Å². The molecule has 0 radical (unpaired) electrons. The van der Waals surface area contributed by atoms with Gasteiger partial charge in [-0.25, -0.2) is 4.79 Å². The van der Waals surface area contributed by atoms with Gasteiger partial charge in [-0.05, 0) is 49.9 Å². The number of carbonyl (C=O) groups is 2. The number of H-pyrrole nitrogens is 1. The molecule has 2 aromatic carbocycles. The molecule has 1 aromatic heterocycles. The Morgan fingerprint density at radius 3 is 2.40 bits per heavy atom. The lowest BCUT2D eigenvalue weighted by atomic mass is 10.0. The van der Waals surface area contributed by atoms with Crippen LogP contribution in [-0.4, -0.2) is 28.6 Å². The number of aromatic amines is 1. The highest BCUT2D eigenvalue weighted by Gasteiger charge is 2.21. The van der Waals surface area contributed by atoms with Crippen molar-refractivity contribution in [2.45, 2.75) is 33.3 Å². The van der Waals surface area contributed by atoms with Crippen LogP contribution < -0.4 is 5.32 Å². The van der Waals surface area contributed by atoms with Crippen LogP contribution in [0, 0.1) is 13.8 Å². The Morgan fingerprint density at radius 1 is 1.07 bits per heavy atom. The summed E-state index contributed by atoms with van der Waals surface area (Å²) < 4.78 is 5.19. The predicted molar refractivity (Wildman–Crippen MR) is 116 cm³/mol. The maximum atomic E-state index is 12.4. The molecule has 30 heavy (non-hydrogen) atoms. The summed E-state index contributed by atoms with van der Waals surface area (Å²) in [5, 5.41) is 12.7. The van der Waals surface area contributed by atoms with E-state index in [0.29, 0.717) is 28.9 Å². The summed E-state index contributed by atoms with van der Waals surface area (Å²) in [5.41, 5.74) is 5.04. The standard InChI is InChI=1S/C24H26N2O4/c1-15-22(17(3)27)16(2)25-23(15)24(29)30-14-21(28)26-20-12-8-7-11-19(20)13-18-9-5-4-6-10-18/h4-12,17,25,27H,13-14H2,1-3H3,(H,26,28)/t17-/m1/s1. The minimum atomic E-state index is -0.702. The summed E-state index contributed by atoms with van der Waals surface area (Å²) in [5.74, 6) is -1.05. The first kappa shape index (κ1) is 21.3. The molecule has 1 atom stereocenters. The van der Waals surface area contributed by atoms with Gasteiger partial charge in [0.25, 0.3) is 5.91 Å². The lowest BCUT2D eigenvalue weighted by molar-refractivity contribution is -0.119. The first-order valence-corrected chi connectivity index (χ1v) is 9.82. The van der Waals surface area contributed by atoms with Crippen molar-refractivity contribution in [3.05, 3.63) is 88.2 Å². The number of benzene rings is 2. The zero-order valence-corrected chi connectivity index (χ0v) is 17.4. The van der Waals surface area contributed by atoms with Gasteiger partial charge in [0.15, 0.2) is 6.61 Å². The normalized spacial score (nSPS) is 11.7. The average molecular weight is 406 g/mol. The lowest BCUT2D eigenvalue weighted by Crippen LogP contribution is -2.22. The highest BCUT2D eigenvalue weighted by molar-refractivity contribution is 5.96. The van der Waals surface area contributed by atoms with Gasteiger partial charge in [-0.15, -0.1) is 0 Å². The number of rotatable bonds is 7. The maximum Gasteiger partial charge on any atom is 0.355 e. The van der Waals surface area contributed by atoms with Crippen LogP contribution in [-0.2, 0) is 16.0 Å². The Hall–Kier alpha value is -3.38. The van der Waals surface area contributed by atoms with Crippen LogP contribution in [0.3, 0.4) is 0 Å². The van der Waals surface area contributed by atoms with Crippen molar-refractivity contribution in [2.24, 2.45) is 0 Å². The fourth-order valence-electron chi connectivity index (χ4n) is 3.60. The Kier molecular flexibility index (Phi) is 6.69. The van der Waals surface area contributed by atoms with Crippen molar-refractivity contribution in [2.75, 3.05) is 11.9 Å². The quantitative estimate of drug-likeness (QED) is 0.516. The van der Waals surface area contributed by atoms with Gasteiger partial charge in [-0.1, -0.05) is 48.5 Å². The SMILES string of the molecule is Cc1[nH]c(C(=O)OCC(=O)Nc2ccccc2Cc2ccccc2)c(C)c1[C@@H](C)O. The average Bonchev–Trinajstić information content (AvgIpc) is 3.02. The Bertz CT molecular complexity index is 1040. The molecule has 0 aliphatic heterocycles. The second-order valence-electron chi connectivity index (χ2n) is 7.28. The molecule has 3 N–H and O–H groups in total. The van der Waals surface area contributed by atoms with E-state index in [1.165, 1.54) is 0 Å². The van der Waals surface area contributed by atoms with Crippen molar-refractivity contribution < 1.29 is 19.4 Å². The number of hydrogen-bond donors (Lipinski definition) is 3. The van der Waals surface area contributed by atoms with Crippen molar-refractivity contribution >= 4 is 17.6 Å². The number of anilines is 1. The number of ether oxygens (including phenoxy) is 1. The number of amides is 1. The summed E-state index contributed by atoms with van der Waals surface area (Å²) >= 11 is 0. The number of esters is 1. The summed E-state index contributed by atoms with van der Waals surface area (Å²) in [6, 6.07) is 17.5. The van der Waals surface area contributed by atoms with Crippen LogP contribution in [0.1, 0.15) is 51.5 Å². The molecule has 0 bridgehead atoms. The number of para-hydroxylation sites is 1. The summed E-state index contributed by atoms with van der Waals surface area (Å²) in [7, 11) is 0. The van der Waals surface area contributed by atoms with Gasteiger partial charge in [-0.2, -0.15) is 0 Å². The van der Waals surface area contributed by atoms with Gasteiger partial charge in [-0.3, -0.25) is 4.79 Å². The monoisotopic (exact) mass is 406 g/mol. The number of aromatic nitrogens is 1. The number of nitrogens with one attached hydrogen (secondary N) is 2. The van der Waals surface area contributed by atoms with Crippen molar-refractivity contribution in [1.82, 2.24) is 4.98 Å². The third-order valence-corrected chi connectivity index (χ3v) is 4.98. The van der Waals surface area contributed by atoms with Gasteiger partial charge in [0, 0.05) is 16.9 Å². The molecular formula is C24H26N2O4. The van der Waals surface area contributed by atoms with Crippen molar-refractivity contribution in [1.29, 1.82) is 0 Å². The topological polar surface area (TPSA) is 91.4 Å². The van der Waals surface area contributed by atoms with E-state index < -0.39 is 24.6 Å². The Morgan fingerprint density at radius 2 is 1.73 bits per heavy atom. The van der Waals surface area contributed by atoms with E-state index in [1.54, 1.807) is 20.8 Å². The second kappa shape index (κ2) is 9.41. The van der Waals surface area contributed by atoms with Crippen LogP contribution in [0.15, 0.2) is 54.6 Å². The molecule has 6 heteroatoms. The maximum absolute atomic E-state index is 12.4. The molecule has 0 spiro atoms. The molecule has 3 rings (SSSR count). The molecule has 1 heterocycles. The van der Waals surface area contributed by atoms with Gasteiger partial charge in [0.05, 0.1) is 6.10 Å². The van der Waals surface area contributed by atoms with Crippen molar-refractivity contribution in [3.63, 3.8) is 0 Å². The van der Waals surface area contributed by atoms with E-state index in [2.05, 4.69) is 10.3 Å². The van der Waals surface area contributed by atoms with Crippen LogP contribution in [0.4, 0.5) is 5.69 Å². The summed E-state index contributed by atoms with van der Waals surface area (Å²) in [6.07, 6.45) is -0.0209. The fraction of sp³-hybridized carbons (Fsp3) is 0.250. The number of aryl methyl sites for hydroxylation is 1. The van der Waals surface area contributed by atoms with Crippen molar-refractivity contribution in [3.8, 4) is 0 Å². The molecule has 0 saturated heterocycles. The molecule has 0 aliphatic rings.